The molecule has 0 unspecified atom stereocenters. The first kappa shape index (κ1) is 21.1. The molecule has 31 heavy (non-hydrogen) atoms. The fourth-order valence-electron chi connectivity index (χ4n) is 3.92. The average molecular weight is 439 g/mol. The van der Waals surface area contributed by atoms with Crippen molar-refractivity contribution in [1.29, 1.82) is 0 Å². The summed E-state index contributed by atoms with van der Waals surface area (Å²) in [5.74, 6) is -0.285. The van der Waals surface area contributed by atoms with Gasteiger partial charge in [-0.1, -0.05) is 24.3 Å². The van der Waals surface area contributed by atoms with Crippen molar-refractivity contribution in [3.8, 4) is 0 Å². The zero-order valence-corrected chi connectivity index (χ0v) is 18.5. The van der Waals surface area contributed by atoms with Gasteiger partial charge in [0.25, 0.3) is 15.9 Å². The summed E-state index contributed by atoms with van der Waals surface area (Å²) in [5, 5.41) is 7.28. The van der Waals surface area contributed by atoms with Gasteiger partial charge in [-0.15, -0.1) is 0 Å². The molecule has 0 spiro atoms. The number of carbonyl (C=O) groups excluding carboxylic acids is 1. The molecule has 1 aromatic heterocycles. The number of aryl methyl sites for hydroxylation is 3. The van der Waals surface area contributed by atoms with Gasteiger partial charge in [0.15, 0.2) is 0 Å². The van der Waals surface area contributed by atoms with Crippen molar-refractivity contribution in [1.82, 2.24) is 15.1 Å². The Kier molecular flexibility index (Phi) is 5.82. The first-order chi connectivity index (χ1) is 14.9. The molecule has 162 valence electrons. The van der Waals surface area contributed by atoms with Crippen LogP contribution in [-0.4, -0.2) is 37.2 Å². The van der Waals surface area contributed by atoms with Crippen LogP contribution in [-0.2, 0) is 23.0 Å². The van der Waals surface area contributed by atoms with Crippen LogP contribution in [0.15, 0.2) is 59.5 Å². The number of nitrogens with one attached hydrogen (secondary N) is 1. The van der Waals surface area contributed by atoms with Gasteiger partial charge in [0, 0.05) is 30.9 Å². The number of benzene rings is 2. The molecule has 0 saturated carbocycles. The lowest BCUT2D eigenvalue weighted by molar-refractivity contribution is 0.0952. The lowest BCUT2D eigenvalue weighted by atomic mass is 10.2. The van der Waals surface area contributed by atoms with Crippen molar-refractivity contribution in [3.63, 3.8) is 0 Å². The number of hydrogen-bond donors (Lipinski definition) is 1. The highest BCUT2D eigenvalue weighted by Gasteiger charge is 2.30. The smallest absolute Gasteiger partial charge is 0.264 e. The molecule has 1 aliphatic heterocycles. The minimum atomic E-state index is -3.73. The van der Waals surface area contributed by atoms with Crippen LogP contribution >= 0.6 is 0 Å². The molecule has 0 aliphatic carbocycles. The van der Waals surface area contributed by atoms with E-state index >= 15 is 0 Å². The molecule has 0 bridgehead atoms. The average Bonchev–Trinajstić information content (AvgIpc) is 3.34. The minimum absolute atomic E-state index is 0.125. The van der Waals surface area contributed by atoms with Crippen molar-refractivity contribution in [3.05, 3.63) is 77.1 Å². The Morgan fingerprint density at radius 3 is 2.68 bits per heavy atom. The van der Waals surface area contributed by atoms with E-state index in [9.17, 15) is 13.2 Å². The third kappa shape index (κ3) is 4.34. The molecule has 2 heterocycles. The van der Waals surface area contributed by atoms with Crippen LogP contribution in [0.4, 0.5) is 5.69 Å². The highest BCUT2D eigenvalue weighted by molar-refractivity contribution is 7.92. The van der Waals surface area contributed by atoms with E-state index in [2.05, 4.69) is 10.4 Å². The van der Waals surface area contributed by atoms with E-state index in [1.165, 1.54) is 16.4 Å². The van der Waals surface area contributed by atoms with Crippen LogP contribution in [0.5, 0.6) is 0 Å². The van der Waals surface area contributed by atoms with Gasteiger partial charge in [-0.25, -0.2) is 8.42 Å². The summed E-state index contributed by atoms with van der Waals surface area (Å²) in [6.07, 6.45) is 1.42. The fourth-order valence-corrected chi connectivity index (χ4v) is 5.47. The Hall–Kier alpha value is -3.13. The lowest BCUT2D eigenvalue weighted by Gasteiger charge is -2.20. The van der Waals surface area contributed by atoms with Crippen LogP contribution in [0.2, 0.25) is 0 Å². The third-order valence-electron chi connectivity index (χ3n) is 5.46. The standard InChI is InChI=1S/C23H26N4O3S/c1-17-15-18(2)26(25-17)13-6-12-24-23(28)20-8-5-9-21(16-20)31(29,30)27-14-11-19-7-3-4-10-22(19)27/h3-5,7-10,15-16H,6,11-14H2,1-2H3,(H,24,28). The number of anilines is 1. The van der Waals surface area contributed by atoms with Crippen molar-refractivity contribution >= 4 is 21.6 Å². The lowest BCUT2D eigenvalue weighted by Crippen LogP contribution is -2.30. The number of aromatic nitrogens is 2. The van der Waals surface area contributed by atoms with Crippen LogP contribution in [0.25, 0.3) is 0 Å². The quantitative estimate of drug-likeness (QED) is 0.575. The summed E-state index contributed by atoms with van der Waals surface area (Å²) < 4.78 is 29.8. The number of hydrogen-bond acceptors (Lipinski definition) is 4. The normalized spacial score (nSPS) is 13.3. The van der Waals surface area contributed by atoms with Crippen LogP contribution in [0.1, 0.15) is 33.7 Å². The summed E-state index contributed by atoms with van der Waals surface area (Å²) in [6, 6.07) is 15.8. The predicted molar refractivity (Wildman–Crippen MR) is 120 cm³/mol. The van der Waals surface area contributed by atoms with Crippen LogP contribution in [0, 0.1) is 13.8 Å². The third-order valence-corrected chi connectivity index (χ3v) is 7.27. The van der Waals surface area contributed by atoms with E-state index < -0.39 is 10.0 Å². The summed E-state index contributed by atoms with van der Waals surface area (Å²) >= 11 is 0. The van der Waals surface area contributed by atoms with E-state index in [4.69, 9.17) is 0 Å². The molecule has 1 aliphatic rings. The van der Waals surface area contributed by atoms with Gasteiger partial charge < -0.3 is 5.32 Å². The molecule has 1 amide bonds. The molecule has 0 fully saturated rings. The monoisotopic (exact) mass is 438 g/mol. The summed E-state index contributed by atoms with van der Waals surface area (Å²) in [7, 11) is -3.73. The first-order valence-corrected chi connectivity index (χ1v) is 11.8. The molecule has 0 saturated heterocycles. The van der Waals surface area contributed by atoms with E-state index in [1.807, 2.05) is 48.9 Å². The minimum Gasteiger partial charge on any atom is -0.352 e. The highest BCUT2D eigenvalue weighted by Crippen LogP contribution is 2.32. The number of sulfonamides is 1. The maximum absolute atomic E-state index is 13.2. The van der Waals surface area contributed by atoms with Crippen LogP contribution < -0.4 is 9.62 Å². The Bertz CT molecular complexity index is 1220. The van der Waals surface area contributed by atoms with Crippen molar-refractivity contribution in [2.75, 3.05) is 17.4 Å². The maximum atomic E-state index is 13.2. The Morgan fingerprint density at radius 1 is 1.10 bits per heavy atom. The predicted octanol–water partition coefficient (Wildman–Crippen LogP) is 3.07. The van der Waals surface area contributed by atoms with Crippen molar-refractivity contribution < 1.29 is 13.2 Å². The molecule has 3 aromatic rings. The molecule has 0 radical (unpaired) electrons. The van der Waals surface area contributed by atoms with Gasteiger partial charge in [0.2, 0.25) is 0 Å². The van der Waals surface area contributed by atoms with Gasteiger partial charge in [-0.05, 0) is 62.6 Å². The molecular formula is C23H26N4O3S. The molecule has 0 atom stereocenters. The van der Waals surface area contributed by atoms with Gasteiger partial charge in [-0.2, -0.15) is 5.10 Å². The van der Waals surface area contributed by atoms with Crippen molar-refractivity contribution in [2.45, 2.75) is 38.1 Å². The van der Waals surface area contributed by atoms with E-state index in [1.54, 1.807) is 12.1 Å². The number of fused-ring (bicyclic) bond motifs is 1. The summed E-state index contributed by atoms with van der Waals surface area (Å²) in [5.41, 5.74) is 4.12. The highest BCUT2D eigenvalue weighted by atomic mass is 32.2. The van der Waals surface area contributed by atoms with Crippen LogP contribution in [0.3, 0.4) is 0 Å². The summed E-state index contributed by atoms with van der Waals surface area (Å²) in [4.78, 5) is 12.7. The van der Waals surface area contributed by atoms with E-state index in [0.717, 1.165) is 23.4 Å². The van der Waals surface area contributed by atoms with Crippen molar-refractivity contribution in [2.24, 2.45) is 0 Å². The number of carbonyl (C=O) groups is 1. The second-order valence-electron chi connectivity index (χ2n) is 7.74. The van der Waals surface area contributed by atoms with Gasteiger partial charge in [0.05, 0.1) is 16.3 Å². The Labute approximate surface area is 182 Å². The second-order valence-corrected chi connectivity index (χ2v) is 9.61. The number of nitrogens with zero attached hydrogens (tertiary/aromatic N) is 3. The number of amides is 1. The largest absolute Gasteiger partial charge is 0.352 e. The fraction of sp³-hybridized carbons (Fsp3) is 0.304. The van der Waals surface area contributed by atoms with E-state index in [0.29, 0.717) is 37.3 Å². The molecular weight excluding hydrogens is 412 g/mol. The molecule has 1 N–H and O–H groups in total. The molecule has 7 nitrogen and oxygen atoms in total. The van der Waals surface area contributed by atoms with Gasteiger partial charge >= 0.3 is 0 Å². The molecule has 2 aromatic carbocycles. The Morgan fingerprint density at radius 2 is 1.90 bits per heavy atom. The SMILES string of the molecule is Cc1cc(C)n(CCCNC(=O)c2cccc(S(=O)(=O)N3CCc4ccccc43)c2)n1. The molecule has 8 heteroatoms. The zero-order valence-electron chi connectivity index (χ0n) is 17.7. The number of rotatable bonds is 7. The number of para-hydroxylation sites is 1. The first-order valence-electron chi connectivity index (χ1n) is 10.4. The second kappa shape index (κ2) is 8.55. The Balaban J connectivity index is 1.42. The van der Waals surface area contributed by atoms with Gasteiger partial charge in [0.1, 0.15) is 0 Å². The zero-order chi connectivity index (χ0) is 22.0. The summed E-state index contributed by atoms with van der Waals surface area (Å²) in [6.45, 7) is 5.55. The van der Waals surface area contributed by atoms with E-state index in [-0.39, 0.29) is 10.8 Å². The maximum Gasteiger partial charge on any atom is 0.264 e. The molecule has 4 rings (SSSR count). The van der Waals surface area contributed by atoms with Gasteiger partial charge in [-0.3, -0.25) is 13.8 Å². The topological polar surface area (TPSA) is 84.3 Å².